The van der Waals surface area contributed by atoms with Gasteiger partial charge in [0.05, 0.1) is 6.54 Å². The number of esters is 1. The monoisotopic (exact) mass is 319 g/mol. The van der Waals surface area contributed by atoms with Crippen LogP contribution in [0.15, 0.2) is 59.5 Å². The summed E-state index contributed by atoms with van der Waals surface area (Å²) in [5.41, 5.74) is 7.29. The standard InChI is InChI=1S/C9H11NO2.C7H8S.C2H6/c10-6-9(11)12-7-8-4-2-1-3-5-8;1-6-3-2-4-7(8)5-6;1-2/h1-5H,6-7,10H2;2-5,8H,1H3;1-2H3. The van der Waals surface area contributed by atoms with Gasteiger partial charge >= 0.3 is 5.97 Å². The summed E-state index contributed by atoms with van der Waals surface area (Å²) in [5.74, 6) is -0.376. The molecule has 3 nitrogen and oxygen atoms in total. The fourth-order valence-electron chi connectivity index (χ4n) is 1.42. The van der Waals surface area contributed by atoms with Crippen LogP contribution in [-0.2, 0) is 16.1 Å². The quantitative estimate of drug-likeness (QED) is 0.664. The largest absolute Gasteiger partial charge is 0.460 e. The molecule has 0 bridgehead atoms. The molecule has 0 aliphatic carbocycles. The second-order valence-electron chi connectivity index (χ2n) is 4.19. The van der Waals surface area contributed by atoms with E-state index < -0.39 is 0 Å². The molecule has 0 atom stereocenters. The van der Waals surface area contributed by atoms with E-state index in [0.717, 1.165) is 10.5 Å². The summed E-state index contributed by atoms with van der Waals surface area (Å²) in [5, 5.41) is 0. The number of rotatable bonds is 3. The lowest BCUT2D eigenvalue weighted by molar-refractivity contribution is -0.143. The molecule has 2 aromatic rings. The van der Waals surface area contributed by atoms with Gasteiger partial charge in [-0.2, -0.15) is 0 Å². The van der Waals surface area contributed by atoms with E-state index in [1.54, 1.807) is 0 Å². The lowest BCUT2D eigenvalue weighted by Crippen LogP contribution is -2.16. The minimum absolute atomic E-state index is 0.0627. The third kappa shape index (κ3) is 10.0. The Kier molecular flexibility index (Phi) is 11.9. The molecule has 0 saturated heterocycles. The van der Waals surface area contributed by atoms with Crippen molar-refractivity contribution in [3.05, 3.63) is 65.7 Å². The first kappa shape index (κ1) is 20.2. The van der Waals surface area contributed by atoms with Crippen LogP contribution in [0.2, 0.25) is 0 Å². The van der Waals surface area contributed by atoms with Crippen molar-refractivity contribution in [1.82, 2.24) is 0 Å². The van der Waals surface area contributed by atoms with E-state index in [-0.39, 0.29) is 12.5 Å². The van der Waals surface area contributed by atoms with E-state index in [1.807, 2.05) is 62.4 Å². The van der Waals surface area contributed by atoms with Crippen molar-refractivity contribution >= 4 is 18.6 Å². The number of ether oxygens (including phenoxy) is 1. The second kappa shape index (κ2) is 12.9. The SMILES string of the molecule is CC.Cc1cccc(S)c1.NCC(=O)OCc1ccccc1. The average molecular weight is 319 g/mol. The molecule has 0 spiro atoms. The van der Waals surface area contributed by atoms with Crippen LogP contribution in [0.5, 0.6) is 0 Å². The van der Waals surface area contributed by atoms with Crippen molar-refractivity contribution in [3.8, 4) is 0 Å². The Hall–Kier alpha value is -1.78. The molecule has 0 fully saturated rings. The van der Waals surface area contributed by atoms with Gasteiger partial charge in [-0.15, -0.1) is 12.6 Å². The molecule has 2 rings (SSSR count). The molecule has 0 aliphatic heterocycles. The Morgan fingerprint density at radius 1 is 1.09 bits per heavy atom. The van der Waals surface area contributed by atoms with Crippen LogP contribution in [0.3, 0.4) is 0 Å². The number of nitrogens with two attached hydrogens (primary N) is 1. The molecule has 120 valence electrons. The van der Waals surface area contributed by atoms with Gasteiger partial charge in [0.1, 0.15) is 6.61 Å². The molecule has 2 N–H and O–H groups in total. The molecular weight excluding hydrogens is 294 g/mol. The molecule has 0 aromatic heterocycles. The van der Waals surface area contributed by atoms with Crippen LogP contribution >= 0.6 is 12.6 Å². The van der Waals surface area contributed by atoms with Crippen LogP contribution in [-0.4, -0.2) is 12.5 Å². The number of aryl methyl sites for hydroxylation is 1. The zero-order valence-corrected chi connectivity index (χ0v) is 14.3. The van der Waals surface area contributed by atoms with Gasteiger partial charge in [0.15, 0.2) is 0 Å². The van der Waals surface area contributed by atoms with Gasteiger partial charge in [-0.25, -0.2) is 0 Å². The summed E-state index contributed by atoms with van der Waals surface area (Å²) >= 11 is 4.15. The molecule has 0 radical (unpaired) electrons. The molecule has 0 amide bonds. The maximum absolute atomic E-state index is 10.6. The summed E-state index contributed by atoms with van der Waals surface area (Å²) < 4.78 is 4.81. The topological polar surface area (TPSA) is 52.3 Å². The molecule has 0 unspecified atom stereocenters. The fraction of sp³-hybridized carbons (Fsp3) is 0.278. The van der Waals surface area contributed by atoms with Crippen molar-refractivity contribution in [2.24, 2.45) is 5.73 Å². The van der Waals surface area contributed by atoms with Crippen molar-refractivity contribution in [1.29, 1.82) is 0 Å². The highest BCUT2D eigenvalue weighted by atomic mass is 32.1. The van der Waals surface area contributed by atoms with Crippen LogP contribution in [0, 0.1) is 6.92 Å². The molecule has 0 aliphatic rings. The zero-order valence-electron chi connectivity index (χ0n) is 13.5. The van der Waals surface area contributed by atoms with Gasteiger partial charge in [-0.3, -0.25) is 4.79 Å². The Labute approximate surface area is 138 Å². The van der Waals surface area contributed by atoms with Crippen molar-refractivity contribution < 1.29 is 9.53 Å². The molecular formula is C18H25NO2S. The van der Waals surface area contributed by atoms with Gasteiger partial charge in [0.2, 0.25) is 0 Å². The van der Waals surface area contributed by atoms with Crippen LogP contribution in [0.4, 0.5) is 0 Å². The molecule has 22 heavy (non-hydrogen) atoms. The fourth-order valence-corrected chi connectivity index (χ4v) is 1.71. The lowest BCUT2D eigenvalue weighted by Gasteiger charge is -2.01. The summed E-state index contributed by atoms with van der Waals surface area (Å²) in [4.78, 5) is 11.7. The molecule has 4 heteroatoms. The number of benzene rings is 2. The highest BCUT2D eigenvalue weighted by molar-refractivity contribution is 7.80. The van der Waals surface area contributed by atoms with E-state index >= 15 is 0 Å². The first-order chi connectivity index (χ1) is 10.6. The van der Waals surface area contributed by atoms with Gasteiger partial charge in [0, 0.05) is 4.90 Å². The van der Waals surface area contributed by atoms with Gasteiger partial charge in [0.25, 0.3) is 0 Å². The second-order valence-corrected chi connectivity index (χ2v) is 4.71. The third-order valence-electron chi connectivity index (χ3n) is 2.41. The smallest absolute Gasteiger partial charge is 0.320 e. The van der Waals surface area contributed by atoms with Crippen LogP contribution in [0.25, 0.3) is 0 Å². The van der Waals surface area contributed by atoms with E-state index in [1.165, 1.54) is 5.56 Å². The van der Waals surface area contributed by atoms with Gasteiger partial charge in [-0.1, -0.05) is 61.9 Å². The molecule has 0 saturated carbocycles. The molecule has 0 heterocycles. The van der Waals surface area contributed by atoms with Crippen LogP contribution in [0.1, 0.15) is 25.0 Å². The predicted molar refractivity (Wildman–Crippen MR) is 95.1 cm³/mol. The number of carbonyl (C=O) groups excluding carboxylic acids is 1. The Balaban J connectivity index is 0.000000382. The highest BCUT2D eigenvalue weighted by Gasteiger charge is 1.97. The summed E-state index contributed by atoms with van der Waals surface area (Å²) in [6, 6.07) is 17.5. The summed E-state index contributed by atoms with van der Waals surface area (Å²) in [6.07, 6.45) is 0. The summed E-state index contributed by atoms with van der Waals surface area (Å²) in [7, 11) is 0. The third-order valence-corrected chi connectivity index (χ3v) is 2.69. The zero-order chi connectivity index (χ0) is 16.8. The maximum atomic E-state index is 10.6. The number of hydrogen-bond donors (Lipinski definition) is 2. The minimum Gasteiger partial charge on any atom is -0.460 e. The van der Waals surface area contributed by atoms with E-state index in [4.69, 9.17) is 10.5 Å². The minimum atomic E-state index is -0.376. The van der Waals surface area contributed by atoms with Crippen LogP contribution < -0.4 is 5.73 Å². The first-order valence-electron chi connectivity index (χ1n) is 7.27. The van der Waals surface area contributed by atoms with Crippen molar-refractivity contribution in [2.45, 2.75) is 32.3 Å². The van der Waals surface area contributed by atoms with E-state index in [9.17, 15) is 4.79 Å². The van der Waals surface area contributed by atoms with Crippen molar-refractivity contribution in [3.63, 3.8) is 0 Å². The average Bonchev–Trinajstić information content (AvgIpc) is 2.56. The Morgan fingerprint density at radius 2 is 1.73 bits per heavy atom. The number of carbonyl (C=O) groups is 1. The summed E-state index contributed by atoms with van der Waals surface area (Å²) in [6.45, 7) is 6.30. The predicted octanol–water partition coefficient (Wildman–Crippen LogP) is 4.00. The normalized spacial score (nSPS) is 8.77. The Bertz CT molecular complexity index is 512. The first-order valence-corrected chi connectivity index (χ1v) is 7.72. The van der Waals surface area contributed by atoms with E-state index in [0.29, 0.717) is 6.61 Å². The van der Waals surface area contributed by atoms with E-state index in [2.05, 4.69) is 25.6 Å². The highest BCUT2D eigenvalue weighted by Crippen LogP contribution is 2.06. The maximum Gasteiger partial charge on any atom is 0.320 e. The number of thiol groups is 1. The van der Waals surface area contributed by atoms with Gasteiger partial charge in [-0.05, 0) is 24.6 Å². The number of hydrogen-bond acceptors (Lipinski definition) is 4. The lowest BCUT2D eigenvalue weighted by atomic mass is 10.2. The molecule has 2 aromatic carbocycles. The Morgan fingerprint density at radius 3 is 2.18 bits per heavy atom. The van der Waals surface area contributed by atoms with Crippen molar-refractivity contribution in [2.75, 3.05) is 6.54 Å². The van der Waals surface area contributed by atoms with Gasteiger partial charge < -0.3 is 10.5 Å².